The maximum absolute atomic E-state index is 12.5. The molecule has 0 unspecified atom stereocenters. The molecule has 1 amide bonds. The van der Waals surface area contributed by atoms with Crippen molar-refractivity contribution in [3.05, 3.63) is 46.3 Å². The quantitative estimate of drug-likeness (QED) is 0.883. The zero-order valence-electron chi connectivity index (χ0n) is 13.9. The van der Waals surface area contributed by atoms with Gasteiger partial charge in [-0.15, -0.1) is 0 Å². The van der Waals surface area contributed by atoms with Gasteiger partial charge in [-0.2, -0.15) is 0 Å². The molecule has 25 heavy (non-hydrogen) atoms. The molecule has 0 spiro atoms. The standard InChI is InChI=1S/C17H19Cl2N5O/c1-2-23-5-7-24(8-6-23)16-10-15(20-11-21-16)17(25)22-14-4-3-12(18)9-13(14)19/h3-4,9-11H,2,5-8H2,1H3,(H,22,25). The van der Waals surface area contributed by atoms with Crippen molar-refractivity contribution >= 4 is 40.6 Å². The summed E-state index contributed by atoms with van der Waals surface area (Å²) in [7, 11) is 0. The van der Waals surface area contributed by atoms with E-state index in [1.807, 2.05) is 0 Å². The van der Waals surface area contributed by atoms with Crippen molar-refractivity contribution in [2.24, 2.45) is 0 Å². The fourth-order valence-corrected chi connectivity index (χ4v) is 3.17. The van der Waals surface area contributed by atoms with Crippen LogP contribution >= 0.6 is 23.2 Å². The molecule has 1 saturated heterocycles. The molecule has 6 nitrogen and oxygen atoms in total. The third-order valence-electron chi connectivity index (χ3n) is 4.21. The van der Waals surface area contributed by atoms with Crippen LogP contribution in [0.5, 0.6) is 0 Å². The lowest BCUT2D eigenvalue weighted by atomic mass is 10.2. The van der Waals surface area contributed by atoms with Gasteiger partial charge in [0.25, 0.3) is 5.91 Å². The molecule has 0 saturated carbocycles. The van der Waals surface area contributed by atoms with Gasteiger partial charge in [-0.25, -0.2) is 9.97 Å². The highest BCUT2D eigenvalue weighted by Crippen LogP contribution is 2.26. The third-order valence-corrected chi connectivity index (χ3v) is 4.76. The summed E-state index contributed by atoms with van der Waals surface area (Å²) in [5.41, 5.74) is 0.793. The van der Waals surface area contributed by atoms with Gasteiger partial charge in [0.1, 0.15) is 17.8 Å². The molecule has 2 heterocycles. The minimum absolute atomic E-state index is 0.300. The Balaban J connectivity index is 1.71. The van der Waals surface area contributed by atoms with Gasteiger partial charge < -0.3 is 15.1 Å². The van der Waals surface area contributed by atoms with Gasteiger partial charge in [-0.05, 0) is 24.7 Å². The van der Waals surface area contributed by atoms with Crippen molar-refractivity contribution in [3.63, 3.8) is 0 Å². The number of hydrogen-bond donors (Lipinski definition) is 1. The molecule has 132 valence electrons. The van der Waals surface area contributed by atoms with E-state index in [2.05, 4.69) is 32.0 Å². The molecule has 3 rings (SSSR count). The van der Waals surface area contributed by atoms with Crippen molar-refractivity contribution in [3.8, 4) is 0 Å². The van der Waals surface area contributed by atoms with Crippen LogP contribution in [0, 0.1) is 0 Å². The number of likely N-dealkylation sites (N-methyl/N-ethyl adjacent to an activating group) is 1. The van der Waals surface area contributed by atoms with Crippen molar-refractivity contribution < 1.29 is 4.79 Å². The molecule has 0 atom stereocenters. The average molecular weight is 380 g/mol. The van der Waals surface area contributed by atoms with Crippen molar-refractivity contribution in [1.82, 2.24) is 14.9 Å². The van der Waals surface area contributed by atoms with Crippen LogP contribution in [-0.4, -0.2) is 53.5 Å². The summed E-state index contributed by atoms with van der Waals surface area (Å²) in [6.45, 7) is 6.95. The van der Waals surface area contributed by atoms with E-state index in [1.165, 1.54) is 6.33 Å². The van der Waals surface area contributed by atoms with Gasteiger partial charge in [0, 0.05) is 37.3 Å². The Bertz CT molecular complexity index is 762. The first-order valence-electron chi connectivity index (χ1n) is 8.12. The molecule has 1 aromatic heterocycles. The fraction of sp³-hybridized carbons (Fsp3) is 0.353. The number of nitrogens with zero attached hydrogens (tertiary/aromatic N) is 4. The van der Waals surface area contributed by atoms with Crippen LogP contribution in [0.25, 0.3) is 0 Å². The van der Waals surface area contributed by atoms with Gasteiger partial charge in [-0.1, -0.05) is 30.1 Å². The summed E-state index contributed by atoms with van der Waals surface area (Å²) in [5.74, 6) is 0.429. The number of benzene rings is 1. The molecule has 1 fully saturated rings. The Hall–Kier alpha value is -1.89. The molecule has 0 aliphatic carbocycles. The molecule has 1 aliphatic heterocycles. The van der Waals surface area contributed by atoms with E-state index in [-0.39, 0.29) is 5.91 Å². The number of rotatable bonds is 4. The number of nitrogens with one attached hydrogen (secondary N) is 1. The number of hydrogen-bond acceptors (Lipinski definition) is 5. The first kappa shape index (κ1) is 17.9. The summed E-state index contributed by atoms with van der Waals surface area (Å²) < 4.78 is 0. The van der Waals surface area contributed by atoms with E-state index < -0.39 is 0 Å². The highest BCUT2D eigenvalue weighted by atomic mass is 35.5. The summed E-state index contributed by atoms with van der Waals surface area (Å²) in [5, 5.41) is 3.65. The first-order chi connectivity index (χ1) is 12.1. The second-order valence-electron chi connectivity index (χ2n) is 5.76. The van der Waals surface area contributed by atoms with Crippen molar-refractivity contribution in [2.75, 3.05) is 42.9 Å². The minimum Gasteiger partial charge on any atom is -0.354 e. The molecular weight excluding hydrogens is 361 g/mol. The number of piperazine rings is 1. The molecular formula is C17H19Cl2N5O. The van der Waals surface area contributed by atoms with Crippen molar-refractivity contribution in [1.29, 1.82) is 0 Å². The Morgan fingerprint density at radius 1 is 1.16 bits per heavy atom. The van der Waals surface area contributed by atoms with E-state index in [0.717, 1.165) is 38.5 Å². The number of anilines is 2. The third kappa shape index (κ3) is 4.39. The van der Waals surface area contributed by atoms with Crippen LogP contribution in [0.3, 0.4) is 0 Å². The van der Waals surface area contributed by atoms with Gasteiger partial charge in [0.05, 0.1) is 10.7 Å². The topological polar surface area (TPSA) is 61.4 Å². The number of amides is 1. The number of carbonyl (C=O) groups is 1. The summed E-state index contributed by atoms with van der Waals surface area (Å²) in [4.78, 5) is 25.4. The van der Waals surface area contributed by atoms with Crippen LogP contribution in [0.1, 0.15) is 17.4 Å². The van der Waals surface area contributed by atoms with E-state index in [9.17, 15) is 4.79 Å². The molecule has 8 heteroatoms. The summed E-state index contributed by atoms with van der Waals surface area (Å²) in [6, 6.07) is 6.62. The van der Waals surface area contributed by atoms with Crippen LogP contribution < -0.4 is 10.2 Å². The van der Waals surface area contributed by atoms with Gasteiger partial charge in [0.15, 0.2) is 0 Å². The van der Waals surface area contributed by atoms with Crippen LogP contribution in [0.4, 0.5) is 11.5 Å². The maximum Gasteiger partial charge on any atom is 0.274 e. The second-order valence-corrected chi connectivity index (χ2v) is 6.60. The highest BCUT2D eigenvalue weighted by Gasteiger charge is 2.18. The highest BCUT2D eigenvalue weighted by molar-refractivity contribution is 6.36. The lowest BCUT2D eigenvalue weighted by Gasteiger charge is -2.34. The largest absolute Gasteiger partial charge is 0.354 e. The number of halogens is 2. The Labute approximate surface area is 156 Å². The van der Waals surface area contributed by atoms with E-state index >= 15 is 0 Å². The second kappa shape index (κ2) is 7.99. The van der Waals surface area contributed by atoms with Crippen molar-refractivity contribution in [2.45, 2.75) is 6.92 Å². The van der Waals surface area contributed by atoms with Gasteiger partial charge >= 0.3 is 0 Å². The minimum atomic E-state index is -0.333. The SMILES string of the molecule is CCN1CCN(c2cc(C(=O)Nc3ccc(Cl)cc3Cl)ncn2)CC1. The Morgan fingerprint density at radius 2 is 1.92 bits per heavy atom. The maximum atomic E-state index is 12.5. The summed E-state index contributed by atoms with van der Waals surface area (Å²) >= 11 is 12.0. The van der Waals surface area contributed by atoms with Crippen LogP contribution in [0.15, 0.2) is 30.6 Å². The number of carbonyl (C=O) groups excluding carboxylic acids is 1. The predicted molar refractivity (Wildman–Crippen MR) is 101 cm³/mol. The molecule has 0 radical (unpaired) electrons. The van der Waals surface area contributed by atoms with Gasteiger partial charge in [-0.3, -0.25) is 4.79 Å². The zero-order chi connectivity index (χ0) is 17.8. The fourth-order valence-electron chi connectivity index (χ4n) is 2.71. The first-order valence-corrected chi connectivity index (χ1v) is 8.88. The lowest BCUT2D eigenvalue weighted by Crippen LogP contribution is -2.46. The molecule has 2 aromatic rings. The summed E-state index contributed by atoms with van der Waals surface area (Å²) in [6.07, 6.45) is 1.42. The average Bonchev–Trinajstić information content (AvgIpc) is 2.64. The Morgan fingerprint density at radius 3 is 2.60 bits per heavy atom. The van der Waals surface area contributed by atoms with Crippen LogP contribution in [-0.2, 0) is 0 Å². The lowest BCUT2D eigenvalue weighted by molar-refractivity contribution is 0.102. The Kier molecular flexibility index (Phi) is 5.73. The van der Waals surface area contributed by atoms with E-state index in [1.54, 1.807) is 24.3 Å². The molecule has 1 N–H and O–H groups in total. The van der Waals surface area contributed by atoms with E-state index in [0.29, 0.717) is 21.4 Å². The molecule has 0 bridgehead atoms. The van der Waals surface area contributed by atoms with E-state index in [4.69, 9.17) is 23.2 Å². The molecule has 1 aliphatic rings. The molecule has 1 aromatic carbocycles. The smallest absolute Gasteiger partial charge is 0.274 e. The zero-order valence-corrected chi connectivity index (χ0v) is 15.4. The monoisotopic (exact) mass is 379 g/mol. The van der Waals surface area contributed by atoms with Crippen LogP contribution in [0.2, 0.25) is 10.0 Å². The normalized spacial score (nSPS) is 15.2. The van der Waals surface area contributed by atoms with Gasteiger partial charge in [0.2, 0.25) is 0 Å². The number of aromatic nitrogens is 2. The predicted octanol–water partition coefficient (Wildman–Crippen LogP) is 3.18.